The molecule has 6 nitrogen and oxygen atoms in total. The molecule has 0 fully saturated rings. The van der Waals surface area contributed by atoms with Crippen molar-refractivity contribution in [2.75, 3.05) is 6.61 Å². The average molecular weight is 403 g/mol. The standard InChI is InChI=1S/C22H26FNO5/c1-22(2,3)29-21(26)24-18(15-27-19-11-9-17(23)10-12-19)13-20(25)28-14-16-7-5-4-6-8-16/h4-12,18H,13-15H2,1-3H3,(H,24,26)/t18-/m1/s1. The summed E-state index contributed by atoms with van der Waals surface area (Å²) >= 11 is 0. The first-order valence-corrected chi connectivity index (χ1v) is 9.29. The zero-order valence-corrected chi connectivity index (χ0v) is 16.8. The van der Waals surface area contributed by atoms with E-state index in [1.54, 1.807) is 20.8 Å². The van der Waals surface area contributed by atoms with E-state index in [-0.39, 0.29) is 25.5 Å². The van der Waals surface area contributed by atoms with E-state index in [2.05, 4.69) is 5.32 Å². The van der Waals surface area contributed by atoms with Crippen LogP contribution in [0.1, 0.15) is 32.8 Å². The quantitative estimate of drug-likeness (QED) is 0.668. The van der Waals surface area contributed by atoms with Gasteiger partial charge in [0, 0.05) is 0 Å². The smallest absolute Gasteiger partial charge is 0.408 e. The zero-order chi connectivity index (χ0) is 21.3. The molecule has 29 heavy (non-hydrogen) atoms. The SMILES string of the molecule is CC(C)(C)OC(=O)N[C@@H](COc1ccc(F)cc1)CC(=O)OCc1ccccc1. The third-order valence-corrected chi connectivity index (χ3v) is 3.64. The normalized spacial score (nSPS) is 12.0. The van der Waals surface area contributed by atoms with E-state index in [0.29, 0.717) is 5.75 Å². The fourth-order valence-corrected chi connectivity index (χ4v) is 2.35. The molecule has 2 aromatic rings. The Labute approximate surface area is 170 Å². The molecule has 0 saturated heterocycles. The summed E-state index contributed by atoms with van der Waals surface area (Å²) in [5.74, 6) is -0.456. The van der Waals surface area contributed by atoms with Crippen LogP contribution in [0, 0.1) is 5.82 Å². The molecular formula is C22H26FNO5. The number of halogens is 1. The summed E-state index contributed by atoms with van der Waals surface area (Å²) in [6.45, 7) is 5.35. The summed E-state index contributed by atoms with van der Waals surface area (Å²) < 4.78 is 29.1. The molecule has 0 saturated carbocycles. The van der Waals surface area contributed by atoms with Crippen LogP contribution in [-0.2, 0) is 20.9 Å². The predicted octanol–water partition coefficient (Wildman–Crippen LogP) is 4.23. The molecule has 2 aromatic carbocycles. The number of benzene rings is 2. The second kappa shape index (κ2) is 10.5. The zero-order valence-electron chi connectivity index (χ0n) is 16.8. The molecule has 0 bridgehead atoms. The van der Waals surface area contributed by atoms with Gasteiger partial charge in [-0.3, -0.25) is 4.79 Å². The molecule has 156 valence electrons. The van der Waals surface area contributed by atoms with Crippen molar-refractivity contribution in [2.24, 2.45) is 0 Å². The van der Waals surface area contributed by atoms with Gasteiger partial charge in [-0.25, -0.2) is 9.18 Å². The number of carbonyl (C=O) groups is 2. The van der Waals surface area contributed by atoms with Gasteiger partial charge in [0.05, 0.1) is 12.5 Å². The maximum atomic E-state index is 13.0. The molecule has 0 heterocycles. The third kappa shape index (κ3) is 9.10. The first kappa shape index (κ1) is 22.2. The number of hydrogen-bond acceptors (Lipinski definition) is 5. The number of hydrogen-bond donors (Lipinski definition) is 1. The Morgan fingerprint density at radius 3 is 2.31 bits per heavy atom. The Hall–Kier alpha value is -3.09. The molecule has 0 aliphatic carbocycles. The lowest BCUT2D eigenvalue weighted by molar-refractivity contribution is -0.145. The Balaban J connectivity index is 1.93. The lowest BCUT2D eigenvalue weighted by atomic mass is 10.2. The molecule has 1 N–H and O–H groups in total. The molecule has 0 aromatic heterocycles. The van der Waals surface area contributed by atoms with Gasteiger partial charge in [0.2, 0.25) is 0 Å². The molecule has 0 spiro atoms. The number of esters is 1. The van der Waals surface area contributed by atoms with Crippen molar-refractivity contribution >= 4 is 12.1 Å². The minimum Gasteiger partial charge on any atom is -0.491 e. The highest BCUT2D eigenvalue weighted by Crippen LogP contribution is 2.13. The summed E-state index contributed by atoms with van der Waals surface area (Å²) in [6, 6.07) is 14.1. The molecule has 0 radical (unpaired) electrons. The highest BCUT2D eigenvalue weighted by atomic mass is 19.1. The van der Waals surface area contributed by atoms with Crippen LogP contribution in [-0.4, -0.2) is 30.3 Å². The van der Waals surface area contributed by atoms with E-state index in [0.717, 1.165) is 5.56 Å². The van der Waals surface area contributed by atoms with Crippen LogP contribution in [0.5, 0.6) is 5.75 Å². The van der Waals surface area contributed by atoms with Crippen LogP contribution < -0.4 is 10.1 Å². The number of ether oxygens (including phenoxy) is 3. The Morgan fingerprint density at radius 1 is 1.03 bits per heavy atom. The first-order chi connectivity index (χ1) is 13.7. The number of rotatable bonds is 8. The topological polar surface area (TPSA) is 73.9 Å². The molecular weight excluding hydrogens is 377 g/mol. The van der Waals surface area contributed by atoms with Crippen LogP contribution in [0.4, 0.5) is 9.18 Å². The van der Waals surface area contributed by atoms with E-state index in [9.17, 15) is 14.0 Å². The number of carbonyl (C=O) groups excluding carboxylic acids is 2. The van der Waals surface area contributed by atoms with Crippen LogP contribution >= 0.6 is 0 Å². The van der Waals surface area contributed by atoms with Gasteiger partial charge in [-0.05, 0) is 50.6 Å². The van der Waals surface area contributed by atoms with Crippen molar-refractivity contribution in [1.29, 1.82) is 0 Å². The third-order valence-electron chi connectivity index (χ3n) is 3.64. The van der Waals surface area contributed by atoms with Crippen LogP contribution in [0.2, 0.25) is 0 Å². The number of alkyl carbamates (subject to hydrolysis) is 1. The molecule has 0 aliphatic rings. The molecule has 0 unspecified atom stereocenters. The van der Waals surface area contributed by atoms with Gasteiger partial charge < -0.3 is 19.5 Å². The maximum Gasteiger partial charge on any atom is 0.408 e. The summed E-state index contributed by atoms with van der Waals surface area (Å²) in [5, 5.41) is 2.62. The first-order valence-electron chi connectivity index (χ1n) is 9.29. The van der Waals surface area contributed by atoms with E-state index < -0.39 is 23.7 Å². The number of amides is 1. The fraction of sp³-hybridized carbons (Fsp3) is 0.364. The van der Waals surface area contributed by atoms with Crippen LogP contribution in [0.3, 0.4) is 0 Å². The summed E-state index contributed by atoms with van der Waals surface area (Å²) in [5.41, 5.74) is 0.181. The van der Waals surface area contributed by atoms with Crippen molar-refractivity contribution in [3.05, 3.63) is 66.0 Å². The fourth-order valence-electron chi connectivity index (χ4n) is 2.35. The monoisotopic (exact) mass is 403 g/mol. The second-order valence-corrected chi connectivity index (χ2v) is 7.46. The van der Waals surface area contributed by atoms with Gasteiger partial charge in [-0.1, -0.05) is 30.3 Å². The molecule has 0 aliphatic heterocycles. The summed E-state index contributed by atoms with van der Waals surface area (Å²) in [7, 11) is 0. The van der Waals surface area contributed by atoms with Gasteiger partial charge in [-0.2, -0.15) is 0 Å². The van der Waals surface area contributed by atoms with E-state index >= 15 is 0 Å². The Bertz CT molecular complexity index is 787. The maximum absolute atomic E-state index is 13.0. The molecule has 2 rings (SSSR count). The lowest BCUT2D eigenvalue weighted by Gasteiger charge is -2.23. The van der Waals surface area contributed by atoms with Crippen molar-refractivity contribution < 1.29 is 28.2 Å². The molecule has 7 heteroatoms. The summed E-state index contributed by atoms with van der Waals surface area (Å²) in [6.07, 6.45) is -0.770. The summed E-state index contributed by atoms with van der Waals surface area (Å²) in [4.78, 5) is 24.3. The van der Waals surface area contributed by atoms with Gasteiger partial charge >= 0.3 is 12.1 Å². The lowest BCUT2D eigenvalue weighted by Crippen LogP contribution is -2.43. The highest BCUT2D eigenvalue weighted by Gasteiger charge is 2.22. The average Bonchev–Trinajstić information content (AvgIpc) is 2.65. The van der Waals surface area contributed by atoms with E-state index in [4.69, 9.17) is 14.2 Å². The van der Waals surface area contributed by atoms with Crippen LogP contribution in [0.15, 0.2) is 54.6 Å². The minimum atomic E-state index is -0.682. The minimum absolute atomic E-state index is 0.00862. The van der Waals surface area contributed by atoms with Gasteiger partial charge in [-0.15, -0.1) is 0 Å². The van der Waals surface area contributed by atoms with Crippen LogP contribution in [0.25, 0.3) is 0 Å². The highest BCUT2D eigenvalue weighted by molar-refractivity contribution is 5.73. The Kier molecular flexibility index (Phi) is 8.00. The number of nitrogens with one attached hydrogen (secondary N) is 1. The van der Waals surface area contributed by atoms with Crippen molar-refractivity contribution in [3.8, 4) is 5.75 Å². The van der Waals surface area contributed by atoms with Crippen molar-refractivity contribution in [1.82, 2.24) is 5.32 Å². The predicted molar refractivity (Wildman–Crippen MR) is 106 cm³/mol. The largest absolute Gasteiger partial charge is 0.491 e. The van der Waals surface area contributed by atoms with Crippen molar-refractivity contribution in [3.63, 3.8) is 0 Å². The van der Waals surface area contributed by atoms with Gasteiger partial charge in [0.1, 0.15) is 30.4 Å². The second-order valence-electron chi connectivity index (χ2n) is 7.46. The van der Waals surface area contributed by atoms with Gasteiger partial charge in [0.15, 0.2) is 0 Å². The molecule has 1 amide bonds. The van der Waals surface area contributed by atoms with E-state index in [1.807, 2.05) is 30.3 Å². The molecule has 1 atom stereocenters. The Morgan fingerprint density at radius 2 is 1.69 bits per heavy atom. The van der Waals surface area contributed by atoms with Crippen molar-refractivity contribution in [2.45, 2.75) is 45.4 Å². The van der Waals surface area contributed by atoms with Gasteiger partial charge in [0.25, 0.3) is 0 Å². The van der Waals surface area contributed by atoms with E-state index in [1.165, 1.54) is 24.3 Å².